The fraction of sp³-hybridized carbons (Fsp3) is 0.625. The fourth-order valence-electron chi connectivity index (χ4n) is 1.07. The quantitative estimate of drug-likeness (QED) is 0.590. The lowest BCUT2D eigenvalue weighted by molar-refractivity contribution is -0.380. The van der Waals surface area contributed by atoms with Crippen molar-refractivity contribution >= 4 is 32.3 Å². The molecule has 84 valence electrons. The summed E-state index contributed by atoms with van der Waals surface area (Å²) in [6, 6.07) is 0. The molecule has 0 N–H and O–H groups in total. The maximum Gasteiger partial charge on any atom is 0.344 e. The van der Waals surface area contributed by atoms with Crippen molar-refractivity contribution in [1.29, 1.82) is 0 Å². The Bertz CT molecular complexity index is 325. The Labute approximate surface area is 99.8 Å². The summed E-state index contributed by atoms with van der Waals surface area (Å²) < 4.78 is 5.69. The molecule has 1 atom stereocenters. The molecule has 1 aliphatic heterocycles. The van der Waals surface area contributed by atoms with E-state index in [1.807, 2.05) is 0 Å². The minimum atomic E-state index is -0.470. The van der Waals surface area contributed by atoms with Crippen LogP contribution in [0.4, 0.5) is 5.00 Å². The highest BCUT2D eigenvalue weighted by Gasteiger charge is 2.08. The van der Waals surface area contributed by atoms with Crippen molar-refractivity contribution < 1.29 is 9.66 Å². The molecule has 15 heavy (non-hydrogen) atoms. The van der Waals surface area contributed by atoms with Crippen molar-refractivity contribution in [1.82, 2.24) is 4.98 Å². The van der Waals surface area contributed by atoms with Gasteiger partial charge in [0.15, 0.2) is 3.92 Å². The second kappa shape index (κ2) is 6.14. The Balaban J connectivity index is 0.000000162. The first-order valence-corrected chi connectivity index (χ1v) is 6.08. The van der Waals surface area contributed by atoms with Crippen LogP contribution in [0.3, 0.4) is 0 Å². The summed E-state index contributed by atoms with van der Waals surface area (Å²) in [6.45, 7) is 3.11. The number of thiazole rings is 1. The number of hydrogen-bond donors (Lipinski definition) is 0. The Morgan fingerprint density at radius 3 is 2.73 bits per heavy atom. The topological polar surface area (TPSA) is 65.3 Å². The van der Waals surface area contributed by atoms with Gasteiger partial charge in [0, 0.05) is 6.61 Å². The van der Waals surface area contributed by atoms with Crippen LogP contribution in [-0.4, -0.2) is 22.6 Å². The van der Waals surface area contributed by atoms with Gasteiger partial charge in [0.2, 0.25) is 0 Å². The summed E-state index contributed by atoms with van der Waals surface area (Å²) in [6.07, 6.45) is 4.29. The Hall–Kier alpha value is -0.530. The maximum absolute atomic E-state index is 9.97. The standard InChI is InChI=1S/C5H10O.C3HBrN2O2S/c1-5-3-2-4-6-5;4-3-5-1-2(9-3)6(7)8/h5H,2-4H2,1H3;1H. The smallest absolute Gasteiger partial charge is 0.344 e. The number of rotatable bonds is 1. The van der Waals surface area contributed by atoms with Gasteiger partial charge >= 0.3 is 5.00 Å². The average molecular weight is 295 g/mol. The zero-order valence-electron chi connectivity index (χ0n) is 8.18. The molecule has 2 heterocycles. The molecule has 5 nitrogen and oxygen atoms in total. The maximum atomic E-state index is 9.97. The molecule has 1 aliphatic rings. The molecular weight excluding hydrogens is 284 g/mol. The number of nitro groups is 1. The lowest BCUT2D eigenvalue weighted by Crippen LogP contribution is -1.94. The second-order valence-corrected chi connectivity index (χ2v) is 5.32. The number of nitrogens with zero attached hydrogens (tertiary/aromatic N) is 2. The van der Waals surface area contributed by atoms with Gasteiger partial charge in [-0.25, -0.2) is 4.98 Å². The molecular formula is C8H11BrN2O3S. The van der Waals surface area contributed by atoms with Crippen molar-refractivity contribution in [2.75, 3.05) is 6.61 Å². The Kier molecular flexibility index (Phi) is 5.13. The SMILES string of the molecule is CC1CCCO1.O=[N+]([O-])c1cnc(Br)s1. The molecule has 0 spiro atoms. The van der Waals surface area contributed by atoms with Gasteiger partial charge in [-0.05, 0) is 47.0 Å². The van der Waals surface area contributed by atoms with Gasteiger partial charge in [0.05, 0.1) is 11.0 Å². The van der Waals surface area contributed by atoms with Gasteiger partial charge < -0.3 is 4.74 Å². The summed E-state index contributed by atoms with van der Waals surface area (Å²) in [5.74, 6) is 0. The fourth-order valence-corrected chi connectivity index (χ4v) is 2.13. The third-order valence-electron chi connectivity index (χ3n) is 1.80. The van der Waals surface area contributed by atoms with Crippen LogP contribution in [0.25, 0.3) is 0 Å². The van der Waals surface area contributed by atoms with E-state index < -0.39 is 4.92 Å². The lowest BCUT2D eigenvalue weighted by atomic mass is 10.3. The largest absolute Gasteiger partial charge is 0.379 e. The van der Waals surface area contributed by atoms with Gasteiger partial charge in [-0.3, -0.25) is 10.1 Å². The summed E-state index contributed by atoms with van der Waals surface area (Å²) >= 11 is 4.01. The van der Waals surface area contributed by atoms with Crippen LogP contribution in [0.1, 0.15) is 19.8 Å². The third kappa shape index (κ3) is 4.67. The zero-order chi connectivity index (χ0) is 11.3. The molecule has 1 fully saturated rings. The summed E-state index contributed by atoms with van der Waals surface area (Å²) in [5.41, 5.74) is 0. The van der Waals surface area contributed by atoms with Crippen molar-refractivity contribution in [2.45, 2.75) is 25.9 Å². The predicted octanol–water partition coefficient (Wildman–Crippen LogP) is 3.00. The number of ether oxygens (including phenoxy) is 1. The van der Waals surface area contributed by atoms with Crippen molar-refractivity contribution in [3.63, 3.8) is 0 Å². The molecule has 1 aromatic rings. The first kappa shape index (κ1) is 12.5. The van der Waals surface area contributed by atoms with Crippen molar-refractivity contribution in [3.05, 3.63) is 20.2 Å². The summed E-state index contributed by atoms with van der Waals surface area (Å²) in [7, 11) is 0. The number of hydrogen-bond acceptors (Lipinski definition) is 5. The minimum absolute atomic E-state index is 0.0573. The highest BCUT2D eigenvalue weighted by atomic mass is 79.9. The van der Waals surface area contributed by atoms with E-state index in [1.54, 1.807) is 0 Å². The molecule has 0 aliphatic carbocycles. The molecule has 1 aromatic heterocycles. The molecule has 0 bridgehead atoms. The molecule has 0 aromatic carbocycles. The van der Waals surface area contributed by atoms with Crippen molar-refractivity contribution in [2.24, 2.45) is 0 Å². The van der Waals surface area contributed by atoms with Crippen LogP contribution in [0, 0.1) is 10.1 Å². The molecule has 0 amide bonds. The molecule has 0 saturated carbocycles. The van der Waals surface area contributed by atoms with E-state index in [2.05, 4.69) is 27.8 Å². The zero-order valence-corrected chi connectivity index (χ0v) is 10.6. The van der Waals surface area contributed by atoms with Gasteiger partial charge in [0.25, 0.3) is 0 Å². The predicted molar refractivity (Wildman–Crippen MR) is 61.1 cm³/mol. The lowest BCUT2D eigenvalue weighted by Gasteiger charge is -1.94. The monoisotopic (exact) mass is 294 g/mol. The molecule has 0 radical (unpaired) electrons. The van der Waals surface area contributed by atoms with E-state index in [0.717, 1.165) is 17.9 Å². The van der Waals surface area contributed by atoms with Crippen LogP contribution in [0.15, 0.2) is 10.1 Å². The second-order valence-electron chi connectivity index (χ2n) is 3.03. The van der Waals surface area contributed by atoms with E-state index >= 15 is 0 Å². The van der Waals surface area contributed by atoms with Crippen LogP contribution >= 0.6 is 27.3 Å². The van der Waals surface area contributed by atoms with Gasteiger partial charge in [-0.2, -0.15) is 0 Å². The van der Waals surface area contributed by atoms with Crippen molar-refractivity contribution in [3.8, 4) is 0 Å². The normalized spacial score (nSPS) is 19.5. The summed E-state index contributed by atoms with van der Waals surface area (Å²) in [4.78, 5) is 13.1. The van der Waals surface area contributed by atoms with Crippen LogP contribution in [0.5, 0.6) is 0 Å². The molecule has 1 saturated heterocycles. The molecule has 7 heteroatoms. The highest BCUT2D eigenvalue weighted by molar-refractivity contribution is 9.11. The Morgan fingerprint density at radius 1 is 1.80 bits per heavy atom. The van der Waals surface area contributed by atoms with E-state index in [0.29, 0.717) is 10.0 Å². The van der Waals surface area contributed by atoms with E-state index in [-0.39, 0.29) is 5.00 Å². The van der Waals surface area contributed by atoms with Gasteiger partial charge in [-0.1, -0.05) is 0 Å². The van der Waals surface area contributed by atoms with Gasteiger partial charge in [0.1, 0.15) is 6.20 Å². The molecule has 1 unspecified atom stereocenters. The van der Waals surface area contributed by atoms with E-state index in [1.165, 1.54) is 19.0 Å². The number of halogens is 1. The van der Waals surface area contributed by atoms with Crippen LogP contribution < -0.4 is 0 Å². The van der Waals surface area contributed by atoms with Crippen LogP contribution in [-0.2, 0) is 4.74 Å². The van der Waals surface area contributed by atoms with Crippen LogP contribution in [0.2, 0.25) is 0 Å². The Morgan fingerprint density at radius 2 is 2.53 bits per heavy atom. The van der Waals surface area contributed by atoms with E-state index in [4.69, 9.17) is 4.74 Å². The number of aromatic nitrogens is 1. The minimum Gasteiger partial charge on any atom is -0.379 e. The molecule has 2 rings (SSSR count). The summed E-state index contributed by atoms with van der Waals surface area (Å²) in [5, 5.41) is 10.0. The highest BCUT2D eigenvalue weighted by Crippen LogP contribution is 2.24. The first-order chi connectivity index (χ1) is 7.09. The van der Waals surface area contributed by atoms with Gasteiger partial charge in [-0.15, -0.1) is 0 Å². The first-order valence-electron chi connectivity index (χ1n) is 4.47. The van der Waals surface area contributed by atoms with E-state index in [9.17, 15) is 10.1 Å². The average Bonchev–Trinajstić information content (AvgIpc) is 2.77. The third-order valence-corrected chi connectivity index (χ3v) is 3.23.